The van der Waals surface area contributed by atoms with Gasteiger partial charge in [0.05, 0.1) is 0 Å². The van der Waals surface area contributed by atoms with Crippen molar-refractivity contribution in [3.63, 3.8) is 0 Å². The predicted octanol–water partition coefficient (Wildman–Crippen LogP) is 2.62. The Morgan fingerprint density at radius 2 is 1.58 bits per heavy atom. The number of amides is 3. The van der Waals surface area contributed by atoms with E-state index >= 15 is 0 Å². The fraction of sp³-hybridized carbons (Fsp3) is 0.500. The van der Waals surface area contributed by atoms with E-state index in [1.54, 1.807) is 24.3 Å². The lowest BCUT2D eigenvalue weighted by Gasteiger charge is -2.31. The number of piperidine rings is 1. The quantitative estimate of drug-likeness (QED) is 0.870. The molecule has 0 radical (unpaired) electrons. The lowest BCUT2D eigenvalue weighted by Crippen LogP contribution is -2.41. The summed E-state index contributed by atoms with van der Waals surface area (Å²) in [6.07, 6.45) is 2.84. The maximum Gasteiger partial charge on any atom is 0.227 e. The van der Waals surface area contributed by atoms with Crippen LogP contribution in [0.3, 0.4) is 0 Å². The zero-order valence-corrected chi connectivity index (χ0v) is 14.3. The minimum atomic E-state index is -0.129. The number of carbonyl (C=O) groups is 3. The first-order valence-electron chi connectivity index (χ1n) is 8.46. The molecule has 0 aromatic heterocycles. The Kier molecular flexibility index (Phi) is 6.35. The number of hydrogen-bond acceptors (Lipinski definition) is 3. The van der Waals surface area contributed by atoms with Gasteiger partial charge in [0.25, 0.3) is 0 Å². The molecular weight excluding hydrogens is 306 g/mol. The number of hydrogen-bond donors (Lipinski definition) is 2. The van der Waals surface area contributed by atoms with E-state index in [2.05, 4.69) is 10.6 Å². The molecule has 0 bridgehead atoms. The van der Waals surface area contributed by atoms with Crippen LogP contribution in [-0.2, 0) is 14.4 Å². The summed E-state index contributed by atoms with van der Waals surface area (Å²) in [6.45, 7) is 4.75. The van der Waals surface area contributed by atoms with Crippen molar-refractivity contribution < 1.29 is 14.4 Å². The van der Waals surface area contributed by atoms with Gasteiger partial charge in [0.2, 0.25) is 17.7 Å². The van der Waals surface area contributed by atoms with Crippen LogP contribution in [0.15, 0.2) is 24.3 Å². The molecule has 0 saturated carbocycles. The summed E-state index contributed by atoms with van der Waals surface area (Å²) < 4.78 is 0. The molecule has 0 unspecified atom stereocenters. The molecule has 2 N–H and O–H groups in total. The third-order valence-electron chi connectivity index (χ3n) is 4.16. The topological polar surface area (TPSA) is 78.5 Å². The fourth-order valence-corrected chi connectivity index (χ4v) is 2.85. The van der Waals surface area contributed by atoms with Crippen LogP contribution in [0.5, 0.6) is 0 Å². The Bertz CT molecular complexity index is 590. The Morgan fingerprint density at radius 3 is 2.08 bits per heavy atom. The summed E-state index contributed by atoms with van der Waals surface area (Å²) in [6, 6.07) is 7.04. The average Bonchev–Trinajstić information content (AvgIpc) is 2.56. The standard InChI is InChI=1S/C18H25N3O3/c1-3-4-17(23)21-11-9-14(10-12-21)18(24)20-16-7-5-15(6-8-16)19-13(2)22/h5-8,14H,3-4,9-12H2,1-2H3,(H,19,22)(H,20,24). The van der Waals surface area contributed by atoms with Crippen molar-refractivity contribution in [2.75, 3.05) is 23.7 Å². The number of benzene rings is 1. The normalized spacial score (nSPS) is 15.0. The van der Waals surface area contributed by atoms with E-state index in [-0.39, 0.29) is 23.6 Å². The summed E-state index contributed by atoms with van der Waals surface area (Å²) in [5.41, 5.74) is 1.40. The molecule has 0 aliphatic carbocycles. The Morgan fingerprint density at radius 1 is 1.04 bits per heavy atom. The largest absolute Gasteiger partial charge is 0.343 e. The van der Waals surface area contributed by atoms with Crippen LogP contribution < -0.4 is 10.6 Å². The smallest absolute Gasteiger partial charge is 0.227 e. The lowest BCUT2D eigenvalue weighted by molar-refractivity contribution is -0.134. The molecule has 1 aliphatic heterocycles. The number of likely N-dealkylation sites (tertiary alicyclic amines) is 1. The van der Waals surface area contributed by atoms with Crippen LogP contribution in [0.25, 0.3) is 0 Å². The molecule has 1 saturated heterocycles. The van der Waals surface area contributed by atoms with Crippen LogP contribution in [0.4, 0.5) is 11.4 Å². The molecule has 1 aromatic carbocycles. The van der Waals surface area contributed by atoms with Gasteiger partial charge >= 0.3 is 0 Å². The van der Waals surface area contributed by atoms with E-state index in [0.29, 0.717) is 43.7 Å². The van der Waals surface area contributed by atoms with Crippen molar-refractivity contribution in [3.05, 3.63) is 24.3 Å². The number of nitrogens with zero attached hydrogens (tertiary/aromatic N) is 1. The first-order chi connectivity index (χ1) is 11.5. The maximum atomic E-state index is 12.3. The molecule has 0 atom stereocenters. The maximum absolute atomic E-state index is 12.3. The van der Waals surface area contributed by atoms with E-state index in [0.717, 1.165) is 6.42 Å². The summed E-state index contributed by atoms with van der Waals surface area (Å²) >= 11 is 0. The van der Waals surface area contributed by atoms with E-state index < -0.39 is 0 Å². The van der Waals surface area contributed by atoms with Gasteiger partial charge in [0, 0.05) is 43.7 Å². The number of nitrogens with one attached hydrogen (secondary N) is 2. The minimum Gasteiger partial charge on any atom is -0.343 e. The van der Waals surface area contributed by atoms with Crippen molar-refractivity contribution >= 4 is 29.1 Å². The predicted molar refractivity (Wildman–Crippen MR) is 93.6 cm³/mol. The van der Waals surface area contributed by atoms with Crippen molar-refractivity contribution in [1.29, 1.82) is 0 Å². The van der Waals surface area contributed by atoms with Crippen molar-refractivity contribution in [3.8, 4) is 0 Å². The van der Waals surface area contributed by atoms with Crippen molar-refractivity contribution in [2.24, 2.45) is 5.92 Å². The SMILES string of the molecule is CCCC(=O)N1CCC(C(=O)Nc2ccc(NC(C)=O)cc2)CC1. The molecule has 6 nitrogen and oxygen atoms in total. The highest BCUT2D eigenvalue weighted by Crippen LogP contribution is 2.21. The minimum absolute atomic E-state index is 0.00938. The summed E-state index contributed by atoms with van der Waals surface area (Å²) in [5, 5.41) is 5.59. The molecule has 6 heteroatoms. The van der Waals surface area contributed by atoms with Gasteiger partial charge in [-0.2, -0.15) is 0 Å². The number of carbonyl (C=O) groups excluding carboxylic acids is 3. The molecule has 1 fully saturated rings. The second-order valence-electron chi connectivity index (χ2n) is 6.15. The fourth-order valence-electron chi connectivity index (χ4n) is 2.85. The first-order valence-corrected chi connectivity index (χ1v) is 8.46. The summed E-state index contributed by atoms with van der Waals surface area (Å²) in [4.78, 5) is 37.1. The molecule has 0 spiro atoms. The Hall–Kier alpha value is -2.37. The Labute approximate surface area is 142 Å². The highest BCUT2D eigenvalue weighted by atomic mass is 16.2. The molecule has 1 aromatic rings. The van der Waals surface area contributed by atoms with Gasteiger partial charge in [0.15, 0.2) is 0 Å². The van der Waals surface area contributed by atoms with Gasteiger partial charge in [-0.1, -0.05) is 6.92 Å². The van der Waals surface area contributed by atoms with Gasteiger partial charge < -0.3 is 15.5 Å². The van der Waals surface area contributed by atoms with Crippen LogP contribution >= 0.6 is 0 Å². The molecule has 3 amide bonds. The molecule has 2 rings (SSSR count). The zero-order valence-electron chi connectivity index (χ0n) is 14.3. The van der Waals surface area contributed by atoms with Crippen LogP contribution in [0, 0.1) is 5.92 Å². The van der Waals surface area contributed by atoms with E-state index in [9.17, 15) is 14.4 Å². The van der Waals surface area contributed by atoms with Crippen molar-refractivity contribution in [1.82, 2.24) is 4.90 Å². The van der Waals surface area contributed by atoms with Gasteiger partial charge in [0.1, 0.15) is 0 Å². The third kappa shape index (κ3) is 5.08. The second-order valence-corrected chi connectivity index (χ2v) is 6.15. The second kappa shape index (κ2) is 8.47. The molecule has 24 heavy (non-hydrogen) atoms. The highest BCUT2D eigenvalue weighted by molar-refractivity contribution is 5.93. The van der Waals surface area contributed by atoms with E-state index in [4.69, 9.17) is 0 Å². The molecule has 130 valence electrons. The van der Waals surface area contributed by atoms with Gasteiger partial charge in [-0.05, 0) is 43.5 Å². The first kappa shape index (κ1) is 18.0. The number of rotatable bonds is 5. The van der Waals surface area contributed by atoms with Gasteiger partial charge in [-0.3, -0.25) is 14.4 Å². The van der Waals surface area contributed by atoms with E-state index in [1.165, 1.54) is 6.92 Å². The van der Waals surface area contributed by atoms with Crippen LogP contribution in [-0.4, -0.2) is 35.7 Å². The average molecular weight is 331 g/mol. The Balaban J connectivity index is 1.83. The number of anilines is 2. The van der Waals surface area contributed by atoms with Crippen LogP contribution in [0.2, 0.25) is 0 Å². The van der Waals surface area contributed by atoms with Crippen molar-refractivity contribution in [2.45, 2.75) is 39.5 Å². The van der Waals surface area contributed by atoms with Gasteiger partial charge in [-0.15, -0.1) is 0 Å². The lowest BCUT2D eigenvalue weighted by atomic mass is 9.95. The summed E-state index contributed by atoms with van der Waals surface area (Å²) in [5.74, 6) is -0.0170. The zero-order chi connectivity index (χ0) is 17.5. The highest BCUT2D eigenvalue weighted by Gasteiger charge is 2.26. The van der Waals surface area contributed by atoms with E-state index in [1.807, 2.05) is 11.8 Å². The van der Waals surface area contributed by atoms with Crippen LogP contribution in [0.1, 0.15) is 39.5 Å². The third-order valence-corrected chi connectivity index (χ3v) is 4.16. The van der Waals surface area contributed by atoms with Gasteiger partial charge in [-0.25, -0.2) is 0 Å². The monoisotopic (exact) mass is 331 g/mol. The molecule has 1 heterocycles. The molecule has 1 aliphatic rings. The molecular formula is C18H25N3O3. The summed E-state index contributed by atoms with van der Waals surface area (Å²) in [7, 11) is 0.